The molecule has 0 amide bonds. The molecule has 0 aliphatic heterocycles. The van der Waals surface area contributed by atoms with Crippen molar-refractivity contribution in [2.45, 2.75) is 39.7 Å². The van der Waals surface area contributed by atoms with E-state index in [1.807, 2.05) is 0 Å². The number of ether oxygens (including phenoxy) is 2. The van der Waals surface area contributed by atoms with Crippen molar-refractivity contribution in [3.63, 3.8) is 0 Å². The van der Waals surface area contributed by atoms with Crippen molar-refractivity contribution in [1.29, 1.82) is 0 Å². The summed E-state index contributed by atoms with van der Waals surface area (Å²) in [6.07, 6.45) is 2.31. The molecule has 23 heavy (non-hydrogen) atoms. The Kier molecular flexibility index (Phi) is 19.9. The lowest BCUT2D eigenvalue weighted by atomic mass is 10.4. The number of hydrogen-bond donors (Lipinski definition) is 2. The maximum absolute atomic E-state index is 5.52. The summed E-state index contributed by atoms with van der Waals surface area (Å²) in [4.78, 5) is 6.86. The second-order valence-electron chi connectivity index (χ2n) is 5.61. The lowest BCUT2D eigenvalue weighted by Gasteiger charge is -2.18. The average Bonchev–Trinajstić information content (AvgIpc) is 2.46. The summed E-state index contributed by atoms with van der Waals surface area (Å²) in [5.41, 5.74) is 0. The van der Waals surface area contributed by atoms with E-state index in [0.717, 1.165) is 64.7 Å². The van der Waals surface area contributed by atoms with Crippen molar-refractivity contribution < 1.29 is 9.47 Å². The molecule has 6 nitrogen and oxygen atoms in total. The van der Waals surface area contributed by atoms with Gasteiger partial charge in [0.05, 0.1) is 6.10 Å². The second kappa shape index (κ2) is 18.2. The van der Waals surface area contributed by atoms with Crippen LogP contribution in [0, 0.1) is 0 Å². The van der Waals surface area contributed by atoms with Crippen molar-refractivity contribution in [1.82, 2.24) is 15.5 Å². The number of guanidine groups is 1. The van der Waals surface area contributed by atoms with E-state index >= 15 is 0 Å². The fraction of sp³-hybridized carbons (Fsp3) is 0.938. The fourth-order valence-electron chi connectivity index (χ4n) is 1.87. The van der Waals surface area contributed by atoms with Crippen molar-refractivity contribution in [2.24, 2.45) is 4.99 Å². The predicted molar refractivity (Wildman–Crippen MR) is 109 cm³/mol. The third-order valence-electron chi connectivity index (χ3n) is 3.04. The Bertz CT molecular complexity index is 279. The minimum Gasteiger partial charge on any atom is -0.385 e. The van der Waals surface area contributed by atoms with Crippen LogP contribution < -0.4 is 10.6 Å². The van der Waals surface area contributed by atoms with Crippen molar-refractivity contribution >= 4 is 29.9 Å². The van der Waals surface area contributed by atoms with Gasteiger partial charge in [0, 0.05) is 53.0 Å². The number of methoxy groups -OCH3 is 1. The second-order valence-corrected chi connectivity index (χ2v) is 5.61. The highest BCUT2D eigenvalue weighted by Crippen LogP contribution is 1.91. The van der Waals surface area contributed by atoms with Crippen LogP contribution in [0.3, 0.4) is 0 Å². The lowest BCUT2D eigenvalue weighted by molar-refractivity contribution is 0.0782. The van der Waals surface area contributed by atoms with Gasteiger partial charge in [0.25, 0.3) is 0 Å². The highest BCUT2D eigenvalue weighted by Gasteiger charge is 2.00. The minimum atomic E-state index is 0. The van der Waals surface area contributed by atoms with Gasteiger partial charge in [-0.2, -0.15) is 0 Å². The largest absolute Gasteiger partial charge is 0.385 e. The smallest absolute Gasteiger partial charge is 0.191 e. The van der Waals surface area contributed by atoms with Gasteiger partial charge >= 0.3 is 0 Å². The minimum absolute atomic E-state index is 0. The van der Waals surface area contributed by atoms with Crippen LogP contribution in [0.1, 0.15) is 33.6 Å². The van der Waals surface area contributed by atoms with E-state index in [0.29, 0.717) is 6.10 Å². The molecule has 0 rings (SSSR count). The molecule has 0 unspecified atom stereocenters. The number of nitrogens with one attached hydrogen (secondary N) is 2. The van der Waals surface area contributed by atoms with E-state index in [1.165, 1.54) is 0 Å². The Morgan fingerprint density at radius 3 is 2.48 bits per heavy atom. The summed E-state index contributed by atoms with van der Waals surface area (Å²) in [6.45, 7) is 12.4. The van der Waals surface area contributed by atoms with Gasteiger partial charge in [0.2, 0.25) is 0 Å². The van der Waals surface area contributed by atoms with Crippen molar-refractivity contribution in [3.8, 4) is 0 Å². The summed E-state index contributed by atoms with van der Waals surface area (Å²) in [6, 6.07) is 0. The Morgan fingerprint density at radius 1 is 1.13 bits per heavy atom. The Morgan fingerprint density at radius 2 is 1.87 bits per heavy atom. The van der Waals surface area contributed by atoms with E-state index in [1.54, 1.807) is 7.11 Å². The van der Waals surface area contributed by atoms with E-state index in [2.05, 4.69) is 48.3 Å². The first-order valence-electron chi connectivity index (χ1n) is 8.41. The van der Waals surface area contributed by atoms with Crippen LogP contribution in [0.2, 0.25) is 0 Å². The molecule has 0 aromatic rings. The van der Waals surface area contributed by atoms with Gasteiger partial charge in [-0.3, -0.25) is 4.99 Å². The first-order chi connectivity index (χ1) is 10.6. The standard InChI is InChI=1S/C16H36N4O2.HI/c1-6-17-16(18-9-7-14-22-15(2)3)19-10-12-20(4)11-8-13-21-5;/h15H,6-14H2,1-5H3,(H2,17,18,19);1H. The van der Waals surface area contributed by atoms with Crippen LogP contribution in [0.4, 0.5) is 0 Å². The highest BCUT2D eigenvalue weighted by atomic mass is 127. The molecule has 0 spiro atoms. The van der Waals surface area contributed by atoms with Gasteiger partial charge in [-0.05, 0) is 40.7 Å². The SMILES string of the molecule is CCNC(=NCCCOC(C)C)NCCN(C)CCCOC.I. The quantitative estimate of drug-likeness (QED) is 0.197. The molecule has 0 aromatic carbocycles. The summed E-state index contributed by atoms with van der Waals surface area (Å²) in [5.74, 6) is 0.886. The van der Waals surface area contributed by atoms with Crippen LogP contribution in [0.5, 0.6) is 0 Å². The van der Waals surface area contributed by atoms with Gasteiger partial charge in [-0.25, -0.2) is 0 Å². The molecular weight excluding hydrogens is 407 g/mol. The molecule has 0 radical (unpaired) electrons. The summed E-state index contributed by atoms with van der Waals surface area (Å²) >= 11 is 0. The molecule has 0 atom stereocenters. The molecule has 0 heterocycles. The normalized spacial score (nSPS) is 11.7. The van der Waals surface area contributed by atoms with E-state index < -0.39 is 0 Å². The molecule has 0 aliphatic rings. The third kappa shape index (κ3) is 18.1. The monoisotopic (exact) mass is 444 g/mol. The van der Waals surface area contributed by atoms with E-state index in [9.17, 15) is 0 Å². The fourth-order valence-corrected chi connectivity index (χ4v) is 1.87. The lowest BCUT2D eigenvalue weighted by Crippen LogP contribution is -2.41. The molecule has 0 aliphatic carbocycles. The zero-order valence-electron chi connectivity index (χ0n) is 15.6. The third-order valence-corrected chi connectivity index (χ3v) is 3.04. The van der Waals surface area contributed by atoms with Crippen LogP contribution in [-0.2, 0) is 9.47 Å². The average molecular weight is 444 g/mol. The maximum Gasteiger partial charge on any atom is 0.191 e. The zero-order valence-corrected chi connectivity index (χ0v) is 17.9. The van der Waals surface area contributed by atoms with E-state index in [4.69, 9.17) is 9.47 Å². The number of aliphatic imine (C=N–C) groups is 1. The zero-order chi connectivity index (χ0) is 16.6. The summed E-state index contributed by atoms with van der Waals surface area (Å²) in [7, 11) is 3.87. The topological polar surface area (TPSA) is 58.1 Å². The molecule has 140 valence electrons. The first-order valence-corrected chi connectivity index (χ1v) is 8.41. The molecule has 0 bridgehead atoms. The van der Waals surface area contributed by atoms with Gasteiger partial charge < -0.3 is 25.0 Å². The summed E-state index contributed by atoms with van der Waals surface area (Å²) in [5, 5.41) is 6.63. The van der Waals surface area contributed by atoms with Gasteiger partial charge in [-0.1, -0.05) is 0 Å². The number of nitrogens with zero attached hydrogens (tertiary/aromatic N) is 2. The van der Waals surface area contributed by atoms with Crippen LogP contribution >= 0.6 is 24.0 Å². The highest BCUT2D eigenvalue weighted by molar-refractivity contribution is 14.0. The van der Waals surface area contributed by atoms with Gasteiger partial charge in [0.1, 0.15) is 0 Å². The maximum atomic E-state index is 5.52. The van der Waals surface area contributed by atoms with Gasteiger partial charge in [0.15, 0.2) is 5.96 Å². The van der Waals surface area contributed by atoms with Crippen LogP contribution in [0.25, 0.3) is 0 Å². The predicted octanol–water partition coefficient (Wildman–Crippen LogP) is 1.94. The molecule has 0 saturated carbocycles. The molecule has 2 N–H and O–H groups in total. The molecule has 0 aromatic heterocycles. The van der Waals surface area contributed by atoms with Gasteiger partial charge in [-0.15, -0.1) is 24.0 Å². The molecule has 0 fully saturated rings. The Hall–Kier alpha value is -0.120. The number of rotatable bonds is 13. The Labute approximate surface area is 159 Å². The van der Waals surface area contributed by atoms with Crippen molar-refractivity contribution in [2.75, 3.05) is 60.1 Å². The van der Waals surface area contributed by atoms with Crippen molar-refractivity contribution in [3.05, 3.63) is 0 Å². The number of hydrogen-bond acceptors (Lipinski definition) is 4. The number of halogens is 1. The van der Waals surface area contributed by atoms with E-state index in [-0.39, 0.29) is 24.0 Å². The van der Waals surface area contributed by atoms with Crippen LogP contribution in [-0.4, -0.2) is 77.1 Å². The Balaban J connectivity index is 0. The summed E-state index contributed by atoms with van der Waals surface area (Å²) < 4.78 is 10.6. The molecular formula is C16H37IN4O2. The first kappa shape index (κ1) is 25.1. The molecule has 0 saturated heterocycles. The molecule has 7 heteroatoms. The van der Waals surface area contributed by atoms with Crippen LogP contribution in [0.15, 0.2) is 4.99 Å². The number of likely N-dealkylation sites (N-methyl/N-ethyl adjacent to an activating group) is 1.